The summed E-state index contributed by atoms with van der Waals surface area (Å²) < 4.78 is 2.59. The van der Waals surface area contributed by atoms with Gasteiger partial charge in [-0.05, 0) is 118 Å². The first-order chi connectivity index (χ1) is 31.8. The second-order valence-electron chi connectivity index (χ2n) is 17.8. The summed E-state index contributed by atoms with van der Waals surface area (Å²) in [5.74, 6) is 2.18. The minimum atomic E-state index is -0.0396. The van der Waals surface area contributed by atoms with E-state index in [2.05, 4.69) is 216 Å². The molecule has 2 aliphatic rings. The summed E-state index contributed by atoms with van der Waals surface area (Å²) in [6.45, 7) is 9.05. The van der Waals surface area contributed by atoms with Crippen LogP contribution in [0.25, 0.3) is 87.2 Å². The third-order valence-electron chi connectivity index (χ3n) is 13.5. The van der Waals surface area contributed by atoms with E-state index in [4.69, 9.17) is 15.0 Å². The molecule has 0 bridgehead atoms. The Labute approximate surface area is 386 Å². The molecular formula is C61H49N3S. The number of rotatable bonds is 9. The van der Waals surface area contributed by atoms with Gasteiger partial charge in [0.15, 0.2) is 11.6 Å². The highest BCUT2D eigenvalue weighted by Crippen LogP contribution is 2.50. The van der Waals surface area contributed by atoms with E-state index in [9.17, 15) is 0 Å². The van der Waals surface area contributed by atoms with Gasteiger partial charge < -0.3 is 0 Å². The SMILES string of the molecule is C/C=C\C1=C(C)C(C)(C)c2cccc(-c3cccc(-c4nc(Cc5ccc(-c6cccc7sc8ccc(-c9ccc(-c%10ccccc%10)cc9)cc8c67)cc5)nc(C5=CCCC=C5)n4)c3)c21. The van der Waals surface area contributed by atoms with Crippen LogP contribution in [0.4, 0.5) is 0 Å². The van der Waals surface area contributed by atoms with Crippen molar-refractivity contribution in [3.05, 3.63) is 222 Å². The van der Waals surface area contributed by atoms with Gasteiger partial charge >= 0.3 is 0 Å². The molecular weight excluding hydrogens is 807 g/mol. The van der Waals surface area contributed by atoms with Crippen LogP contribution in [0.15, 0.2) is 194 Å². The van der Waals surface area contributed by atoms with E-state index in [-0.39, 0.29) is 5.41 Å². The van der Waals surface area contributed by atoms with Crippen molar-refractivity contribution in [2.45, 2.75) is 52.4 Å². The average Bonchev–Trinajstić information content (AvgIpc) is 3.83. The number of hydrogen-bond acceptors (Lipinski definition) is 4. The molecule has 7 aromatic carbocycles. The maximum atomic E-state index is 5.19. The quantitative estimate of drug-likeness (QED) is 0.145. The summed E-state index contributed by atoms with van der Waals surface area (Å²) in [6.07, 6.45) is 13.6. The van der Waals surface area contributed by atoms with Crippen molar-refractivity contribution in [2.75, 3.05) is 0 Å². The van der Waals surface area contributed by atoms with E-state index in [1.807, 2.05) is 11.3 Å². The normalized spacial score (nSPS) is 14.4. The van der Waals surface area contributed by atoms with E-state index in [1.165, 1.54) is 81.4 Å². The van der Waals surface area contributed by atoms with E-state index >= 15 is 0 Å². The number of thiophene rings is 1. The van der Waals surface area contributed by atoms with E-state index in [1.54, 1.807) is 0 Å². The Balaban J connectivity index is 0.921. The predicted molar refractivity (Wildman–Crippen MR) is 276 cm³/mol. The van der Waals surface area contributed by atoms with Gasteiger partial charge in [-0.2, -0.15) is 0 Å². The highest BCUT2D eigenvalue weighted by molar-refractivity contribution is 7.26. The summed E-state index contributed by atoms with van der Waals surface area (Å²) >= 11 is 1.86. The maximum Gasteiger partial charge on any atom is 0.163 e. The van der Waals surface area contributed by atoms with Crippen molar-refractivity contribution in [3.8, 4) is 55.9 Å². The third kappa shape index (κ3) is 7.48. The van der Waals surface area contributed by atoms with Crippen molar-refractivity contribution in [1.29, 1.82) is 0 Å². The molecule has 314 valence electrons. The highest BCUT2D eigenvalue weighted by atomic mass is 32.1. The van der Waals surface area contributed by atoms with E-state index in [0.717, 1.165) is 46.8 Å². The second-order valence-corrected chi connectivity index (χ2v) is 18.9. The van der Waals surface area contributed by atoms with Crippen LogP contribution in [-0.2, 0) is 11.8 Å². The molecule has 65 heavy (non-hydrogen) atoms. The van der Waals surface area contributed by atoms with Gasteiger partial charge in [0.1, 0.15) is 5.82 Å². The van der Waals surface area contributed by atoms with Crippen molar-refractivity contribution >= 4 is 42.7 Å². The first-order valence-electron chi connectivity index (χ1n) is 22.7. The Hall–Kier alpha value is -7.27. The number of hydrogen-bond donors (Lipinski definition) is 0. The van der Waals surface area contributed by atoms with Gasteiger partial charge in [0.05, 0.1) is 0 Å². The zero-order chi connectivity index (χ0) is 44.1. The standard InChI is InChI=1S/C61H49N3S/c1-5-15-49-39(2)61(3,4)53-24-13-22-51(57(49)53)47-20-12-21-48(37-47)60-63-56(62-59(64-60)45-18-10-7-11-19-45)36-40-26-28-44(29-27-40)50-23-14-25-55-58(50)52-38-46(34-35-54(52)65-55)43-32-30-42(31-33-43)41-16-8-6-9-17-41/h5-6,8-10,12-35,37-38H,7,11,36H2,1-4H3/b15-5-. The van der Waals surface area contributed by atoms with Gasteiger partial charge in [-0.1, -0.05) is 183 Å². The number of fused-ring (bicyclic) bond motifs is 4. The van der Waals surface area contributed by atoms with Crippen LogP contribution >= 0.6 is 11.3 Å². The molecule has 0 saturated heterocycles. The lowest BCUT2D eigenvalue weighted by atomic mass is 9.81. The molecule has 2 aliphatic carbocycles. The summed E-state index contributed by atoms with van der Waals surface area (Å²) in [4.78, 5) is 15.4. The fraction of sp³-hybridized carbons (Fsp3) is 0.131. The molecule has 0 atom stereocenters. The molecule has 2 heterocycles. The van der Waals surface area contributed by atoms with Crippen LogP contribution in [0.2, 0.25) is 0 Å². The van der Waals surface area contributed by atoms with Crippen molar-refractivity contribution in [3.63, 3.8) is 0 Å². The summed E-state index contributed by atoms with van der Waals surface area (Å²) in [5, 5.41) is 2.60. The molecule has 2 aromatic heterocycles. The van der Waals surface area contributed by atoms with E-state index < -0.39 is 0 Å². The fourth-order valence-corrected chi connectivity index (χ4v) is 10.9. The first-order valence-corrected chi connectivity index (χ1v) is 23.6. The lowest BCUT2D eigenvalue weighted by molar-refractivity contribution is 0.639. The van der Waals surface area contributed by atoms with Crippen LogP contribution in [0.1, 0.15) is 68.9 Å². The summed E-state index contributed by atoms with van der Waals surface area (Å²) in [7, 11) is 0. The molecule has 11 rings (SSSR count). The molecule has 0 radical (unpaired) electrons. The van der Waals surface area contributed by atoms with E-state index in [0.29, 0.717) is 12.2 Å². The van der Waals surface area contributed by atoms with Crippen LogP contribution in [-0.4, -0.2) is 15.0 Å². The first kappa shape index (κ1) is 40.5. The molecule has 0 saturated carbocycles. The van der Waals surface area contributed by atoms with Gasteiger partial charge in [-0.15, -0.1) is 11.3 Å². The van der Waals surface area contributed by atoms with Crippen LogP contribution in [0.5, 0.6) is 0 Å². The zero-order valence-corrected chi connectivity index (χ0v) is 38.1. The summed E-state index contributed by atoms with van der Waals surface area (Å²) in [6, 6.07) is 57.6. The molecule has 0 spiro atoms. The topological polar surface area (TPSA) is 38.7 Å². The Morgan fingerprint density at radius 2 is 1.26 bits per heavy atom. The Bertz CT molecular complexity index is 3420. The Kier molecular flexibility index (Phi) is 10.4. The molecule has 0 unspecified atom stereocenters. The van der Waals surface area contributed by atoms with Gasteiger partial charge in [0.2, 0.25) is 0 Å². The van der Waals surface area contributed by atoms with Gasteiger partial charge in [-0.25, -0.2) is 15.0 Å². The Morgan fingerprint density at radius 1 is 0.585 bits per heavy atom. The second kappa shape index (κ2) is 16.7. The van der Waals surface area contributed by atoms with Crippen LogP contribution in [0, 0.1) is 0 Å². The van der Waals surface area contributed by atoms with Crippen LogP contribution < -0.4 is 0 Å². The van der Waals surface area contributed by atoms with Crippen molar-refractivity contribution in [1.82, 2.24) is 15.0 Å². The highest BCUT2D eigenvalue weighted by Gasteiger charge is 2.35. The number of aromatic nitrogens is 3. The molecule has 0 fully saturated rings. The van der Waals surface area contributed by atoms with Crippen molar-refractivity contribution in [2.24, 2.45) is 0 Å². The zero-order valence-electron chi connectivity index (χ0n) is 37.3. The molecule has 0 aliphatic heterocycles. The van der Waals surface area contributed by atoms with Gasteiger partial charge in [0, 0.05) is 43.1 Å². The third-order valence-corrected chi connectivity index (χ3v) is 14.6. The minimum absolute atomic E-state index is 0.0396. The monoisotopic (exact) mass is 855 g/mol. The lowest BCUT2D eigenvalue weighted by Crippen LogP contribution is -2.15. The number of allylic oxidation sites excluding steroid dienone is 8. The molecule has 0 amide bonds. The van der Waals surface area contributed by atoms with Crippen molar-refractivity contribution < 1.29 is 0 Å². The number of benzene rings is 7. The lowest BCUT2D eigenvalue weighted by Gasteiger charge is -2.22. The molecule has 9 aromatic rings. The smallest absolute Gasteiger partial charge is 0.163 e. The largest absolute Gasteiger partial charge is 0.213 e. The fourth-order valence-electron chi connectivity index (χ4n) is 9.78. The Morgan fingerprint density at radius 3 is 2.05 bits per heavy atom. The van der Waals surface area contributed by atoms with Crippen LogP contribution in [0.3, 0.4) is 0 Å². The van der Waals surface area contributed by atoms with Gasteiger partial charge in [-0.3, -0.25) is 0 Å². The predicted octanol–water partition coefficient (Wildman–Crippen LogP) is 16.5. The minimum Gasteiger partial charge on any atom is -0.213 e. The number of nitrogens with zero attached hydrogens (tertiary/aromatic N) is 3. The molecule has 3 nitrogen and oxygen atoms in total. The maximum absolute atomic E-state index is 5.19. The molecule has 4 heteroatoms. The average molecular weight is 856 g/mol. The van der Waals surface area contributed by atoms with Gasteiger partial charge in [0.25, 0.3) is 0 Å². The molecule has 0 N–H and O–H groups in total. The summed E-state index contributed by atoms with van der Waals surface area (Å²) in [5.41, 5.74) is 18.3.